The Morgan fingerprint density at radius 1 is 1.00 bits per heavy atom. The van der Waals surface area contributed by atoms with Gasteiger partial charge in [0.1, 0.15) is 5.75 Å². The number of hydrogen-bond acceptors (Lipinski definition) is 3. The van der Waals surface area contributed by atoms with Crippen molar-refractivity contribution < 1.29 is 4.74 Å². The zero-order valence-corrected chi connectivity index (χ0v) is 11.2. The predicted molar refractivity (Wildman–Crippen MR) is 80.4 cm³/mol. The summed E-state index contributed by atoms with van der Waals surface area (Å²) < 4.78 is 5.54. The molecular formula is C16H20N2O. The summed E-state index contributed by atoms with van der Waals surface area (Å²) in [5.41, 5.74) is 8.74. The molecule has 3 heteroatoms. The van der Waals surface area contributed by atoms with E-state index < -0.39 is 0 Å². The lowest BCUT2D eigenvalue weighted by atomic mass is 10.2. The van der Waals surface area contributed by atoms with Gasteiger partial charge in [-0.2, -0.15) is 0 Å². The van der Waals surface area contributed by atoms with Gasteiger partial charge in [-0.25, -0.2) is 0 Å². The fourth-order valence-corrected chi connectivity index (χ4v) is 1.73. The van der Waals surface area contributed by atoms with Crippen LogP contribution < -0.4 is 15.8 Å². The number of benzene rings is 2. The van der Waals surface area contributed by atoms with Crippen molar-refractivity contribution in [3.05, 3.63) is 54.1 Å². The van der Waals surface area contributed by atoms with Crippen LogP contribution in [0.4, 0.5) is 11.4 Å². The zero-order valence-electron chi connectivity index (χ0n) is 11.2. The van der Waals surface area contributed by atoms with Crippen molar-refractivity contribution in [1.29, 1.82) is 0 Å². The number of rotatable bonds is 6. The van der Waals surface area contributed by atoms with Crippen LogP contribution in [0.3, 0.4) is 0 Å². The first-order valence-corrected chi connectivity index (χ1v) is 6.59. The maximum absolute atomic E-state index is 5.66. The molecule has 100 valence electrons. The Morgan fingerprint density at radius 2 is 1.68 bits per heavy atom. The standard InChI is InChI=1S/C16H20N2O/c1-2-11-19-16-9-7-15(8-10-16)18-12-13-3-5-14(17)6-4-13/h3-10,18H,2,11-12,17H2,1H3. The summed E-state index contributed by atoms with van der Waals surface area (Å²) in [4.78, 5) is 0. The first-order valence-electron chi connectivity index (χ1n) is 6.59. The number of nitrogens with two attached hydrogens (primary N) is 1. The summed E-state index contributed by atoms with van der Waals surface area (Å²) in [7, 11) is 0. The lowest BCUT2D eigenvalue weighted by Gasteiger charge is -2.08. The molecule has 0 aliphatic carbocycles. The van der Waals surface area contributed by atoms with Crippen LogP contribution in [0.25, 0.3) is 0 Å². The number of anilines is 2. The molecule has 2 aromatic rings. The lowest BCUT2D eigenvalue weighted by molar-refractivity contribution is 0.317. The summed E-state index contributed by atoms with van der Waals surface area (Å²) in [6.45, 7) is 3.65. The van der Waals surface area contributed by atoms with Gasteiger partial charge in [0.05, 0.1) is 6.61 Å². The Labute approximate surface area is 114 Å². The molecular weight excluding hydrogens is 236 g/mol. The molecule has 2 rings (SSSR count). The molecule has 0 radical (unpaired) electrons. The minimum atomic E-state index is 0.762. The van der Waals surface area contributed by atoms with Gasteiger partial charge in [0.15, 0.2) is 0 Å². The predicted octanol–water partition coefficient (Wildman–Crippen LogP) is 3.67. The van der Waals surface area contributed by atoms with Gasteiger partial charge in [0.2, 0.25) is 0 Å². The van der Waals surface area contributed by atoms with Crippen molar-refractivity contribution in [2.75, 3.05) is 17.7 Å². The lowest BCUT2D eigenvalue weighted by Crippen LogP contribution is -2.00. The van der Waals surface area contributed by atoms with E-state index in [2.05, 4.69) is 12.2 Å². The highest BCUT2D eigenvalue weighted by Crippen LogP contribution is 2.17. The van der Waals surface area contributed by atoms with Gasteiger partial charge in [0.25, 0.3) is 0 Å². The Bertz CT molecular complexity index is 491. The highest BCUT2D eigenvalue weighted by atomic mass is 16.5. The van der Waals surface area contributed by atoms with E-state index in [-0.39, 0.29) is 0 Å². The molecule has 0 fully saturated rings. The van der Waals surface area contributed by atoms with Gasteiger partial charge < -0.3 is 15.8 Å². The molecule has 0 aromatic heterocycles. The number of nitrogen functional groups attached to an aromatic ring is 1. The Hall–Kier alpha value is -2.16. The third kappa shape index (κ3) is 4.21. The largest absolute Gasteiger partial charge is 0.494 e. The fourth-order valence-electron chi connectivity index (χ4n) is 1.73. The molecule has 0 heterocycles. The van der Waals surface area contributed by atoms with E-state index in [1.807, 2.05) is 48.5 Å². The smallest absolute Gasteiger partial charge is 0.119 e. The van der Waals surface area contributed by atoms with Crippen molar-refractivity contribution in [3.63, 3.8) is 0 Å². The zero-order chi connectivity index (χ0) is 13.5. The molecule has 0 aliphatic rings. The van der Waals surface area contributed by atoms with Crippen LogP contribution >= 0.6 is 0 Å². The molecule has 0 amide bonds. The quantitative estimate of drug-likeness (QED) is 0.775. The third-order valence-corrected chi connectivity index (χ3v) is 2.80. The van der Waals surface area contributed by atoms with Crippen molar-refractivity contribution >= 4 is 11.4 Å². The van der Waals surface area contributed by atoms with Crippen molar-refractivity contribution in [1.82, 2.24) is 0 Å². The number of ether oxygens (including phenoxy) is 1. The summed E-state index contributed by atoms with van der Waals surface area (Å²) in [5.74, 6) is 0.917. The maximum Gasteiger partial charge on any atom is 0.119 e. The monoisotopic (exact) mass is 256 g/mol. The highest BCUT2D eigenvalue weighted by Gasteiger charge is 1.96. The van der Waals surface area contributed by atoms with Gasteiger partial charge in [-0.1, -0.05) is 19.1 Å². The topological polar surface area (TPSA) is 47.3 Å². The first kappa shape index (κ1) is 13.3. The van der Waals surface area contributed by atoms with Gasteiger partial charge >= 0.3 is 0 Å². The van der Waals surface area contributed by atoms with Crippen LogP contribution in [0.5, 0.6) is 5.75 Å². The second kappa shape index (κ2) is 6.69. The fraction of sp³-hybridized carbons (Fsp3) is 0.250. The second-order valence-electron chi connectivity index (χ2n) is 4.47. The molecule has 2 aromatic carbocycles. The molecule has 3 nitrogen and oxygen atoms in total. The SMILES string of the molecule is CCCOc1ccc(NCc2ccc(N)cc2)cc1. The Balaban J connectivity index is 1.87. The van der Waals surface area contributed by atoms with Crippen LogP contribution in [0.15, 0.2) is 48.5 Å². The summed E-state index contributed by atoms with van der Waals surface area (Å²) in [6.07, 6.45) is 1.02. The van der Waals surface area contributed by atoms with E-state index >= 15 is 0 Å². The average molecular weight is 256 g/mol. The Morgan fingerprint density at radius 3 is 2.32 bits per heavy atom. The molecule has 0 atom stereocenters. The van der Waals surface area contributed by atoms with Crippen LogP contribution in [0.1, 0.15) is 18.9 Å². The van der Waals surface area contributed by atoms with Gasteiger partial charge in [-0.05, 0) is 48.4 Å². The van der Waals surface area contributed by atoms with Gasteiger partial charge in [0, 0.05) is 17.9 Å². The van der Waals surface area contributed by atoms with Crippen LogP contribution in [0.2, 0.25) is 0 Å². The third-order valence-electron chi connectivity index (χ3n) is 2.80. The number of hydrogen-bond donors (Lipinski definition) is 2. The van der Waals surface area contributed by atoms with E-state index in [4.69, 9.17) is 10.5 Å². The normalized spacial score (nSPS) is 10.2. The van der Waals surface area contributed by atoms with Crippen LogP contribution in [-0.4, -0.2) is 6.61 Å². The van der Waals surface area contributed by atoms with Gasteiger partial charge in [-0.15, -0.1) is 0 Å². The summed E-state index contributed by atoms with van der Waals surface area (Å²) >= 11 is 0. The minimum Gasteiger partial charge on any atom is -0.494 e. The van der Waals surface area contributed by atoms with E-state index in [0.717, 1.165) is 36.7 Å². The molecule has 19 heavy (non-hydrogen) atoms. The Kier molecular flexibility index (Phi) is 4.67. The first-order chi connectivity index (χ1) is 9.28. The molecule has 0 unspecified atom stereocenters. The van der Waals surface area contributed by atoms with E-state index in [1.165, 1.54) is 5.56 Å². The average Bonchev–Trinajstić information content (AvgIpc) is 2.46. The van der Waals surface area contributed by atoms with E-state index in [1.54, 1.807) is 0 Å². The second-order valence-corrected chi connectivity index (χ2v) is 4.47. The molecule has 0 saturated carbocycles. The molecule has 0 aliphatic heterocycles. The highest BCUT2D eigenvalue weighted by molar-refractivity contribution is 5.47. The summed E-state index contributed by atoms with van der Waals surface area (Å²) in [6, 6.07) is 15.9. The van der Waals surface area contributed by atoms with E-state index in [9.17, 15) is 0 Å². The minimum absolute atomic E-state index is 0.762. The van der Waals surface area contributed by atoms with Crippen molar-refractivity contribution in [2.45, 2.75) is 19.9 Å². The molecule has 0 spiro atoms. The molecule has 0 bridgehead atoms. The van der Waals surface area contributed by atoms with Crippen LogP contribution in [0, 0.1) is 0 Å². The number of nitrogens with one attached hydrogen (secondary N) is 1. The molecule has 3 N–H and O–H groups in total. The maximum atomic E-state index is 5.66. The molecule has 0 saturated heterocycles. The van der Waals surface area contributed by atoms with Crippen molar-refractivity contribution in [2.24, 2.45) is 0 Å². The summed E-state index contributed by atoms with van der Waals surface area (Å²) in [5, 5.41) is 3.37. The van der Waals surface area contributed by atoms with E-state index in [0.29, 0.717) is 0 Å². The van der Waals surface area contributed by atoms with Gasteiger partial charge in [-0.3, -0.25) is 0 Å². The van der Waals surface area contributed by atoms with Crippen molar-refractivity contribution in [3.8, 4) is 5.75 Å². The van der Waals surface area contributed by atoms with Crippen LogP contribution in [-0.2, 0) is 6.54 Å².